The number of hydrogen-bond acceptors (Lipinski definition) is 4. The zero-order chi connectivity index (χ0) is 15.3. The van der Waals surface area contributed by atoms with Crippen LogP contribution >= 0.6 is 0 Å². The summed E-state index contributed by atoms with van der Waals surface area (Å²) in [4.78, 5) is 0. The smallest absolute Gasteiger partial charge is 0.119 e. The summed E-state index contributed by atoms with van der Waals surface area (Å²) in [5, 5.41) is 3.44. The van der Waals surface area contributed by atoms with Crippen molar-refractivity contribution in [2.75, 3.05) is 47.1 Å². The molecule has 4 heteroatoms. The minimum absolute atomic E-state index is 0.569. The second-order valence-electron chi connectivity index (χ2n) is 5.12. The van der Waals surface area contributed by atoms with Gasteiger partial charge in [0.25, 0.3) is 0 Å². The van der Waals surface area contributed by atoms with E-state index in [2.05, 4.69) is 24.4 Å². The van der Waals surface area contributed by atoms with Crippen molar-refractivity contribution in [2.24, 2.45) is 5.92 Å². The Kier molecular flexibility index (Phi) is 9.87. The van der Waals surface area contributed by atoms with E-state index in [0.29, 0.717) is 19.1 Å². The van der Waals surface area contributed by atoms with Gasteiger partial charge in [0.15, 0.2) is 0 Å². The van der Waals surface area contributed by atoms with Crippen LogP contribution in [0.4, 0.5) is 0 Å². The molecule has 0 saturated carbocycles. The molecule has 21 heavy (non-hydrogen) atoms. The molecule has 1 aromatic carbocycles. The molecule has 4 nitrogen and oxygen atoms in total. The summed E-state index contributed by atoms with van der Waals surface area (Å²) in [7, 11) is 3.40. The normalized spacial score (nSPS) is 12.3. The summed E-state index contributed by atoms with van der Waals surface area (Å²) in [5.41, 5.74) is 1.31. The minimum atomic E-state index is 0.569. The summed E-state index contributed by atoms with van der Waals surface area (Å²) < 4.78 is 15.9. The first-order valence-electron chi connectivity index (χ1n) is 7.70. The summed E-state index contributed by atoms with van der Waals surface area (Å²) in [6.07, 6.45) is 2.09. The Morgan fingerprint density at radius 3 is 2.71 bits per heavy atom. The summed E-state index contributed by atoms with van der Waals surface area (Å²) in [5.74, 6) is 1.49. The minimum Gasteiger partial charge on any atom is -0.497 e. The van der Waals surface area contributed by atoms with Crippen LogP contribution in [0.2, 0.25) is 0 Å². The Bertz CT molecular complexity index is 371. The Balaban J connectivity index is 2.43. The SMILES string of the molecule is CCNCC(CCOCCOC)Cc1cccc(OC)c1. The van der Waals surface area contributed by atoms with Crippen molar-refractivity contribution in [1.82, 2.24) is 5.32 Å². The lowest BCUT2D eigenvalue weighted by Gasteiger charge is -2.18. The molecule has 0 spiro atoms. The van der Waals surface area contributed by atoms with Crippen molar-refractivity contribution in [1.29, 1.82) is 0 Å². The maximum Gasteiger partial charge on any atom is 0.119 e. The van der Waals surface area contributed by atoms with E-state index in [0.717, 1.165) is 38.3 Å². The van der Waals surface area contributed by atoms with Gasteiger partial charge in [-0.3, -0.25) is 0 Å². The molecule has 1 N–H and O–H groups in total. The number of hydrogen-bond donors (Lipinski definition) is 1. The lowest BCUT2D eigenvalue weighted by Crippen LogP contribution is -2.25. The quantitative estimate of drug-likeness (QED) is 0.602. The molecular weight excluding hydrogens is 266 g/mol. The standard InChI is InChI=1S/C17H29NO3/c1-4-18-14-16(8-9-21-11-10-19-2)12-15-6-5-7-17(13-15)20-3/h5-7,13,16,18H,4,8-12,14H2,1-3H3. The highest BCUT2D eigenvalue weighted by molar-refractivity contribution is 5.28. The molecule has 0 radical (unpaired) electrons. The Labute approximate surface area is 128 Å². The Morgan fingerprint density at radius 1 is 1.14 bits per heavy atom. The van der Waals surface area contributed by atoms with Crippen molar-refractivity contribution in [2.45, 2.75) is 19.8 Å². The van der Waals surface area contributed by atoms with Crippen LogP contribution in [0.25, 0.3) is 0 Å². The molecule has 0 heterocycles. The zero-order valence-electron chi connectivity index (χ0n) is 13.6. The molecular formula is C17H29NO3. The van der Waals surface area contributed by atoms with Crippen molar-refractivity contribution < 1.29 is 14.2 Å². The van der Waals surface area contributed by atoms with E-state index in [4.69, 9.17) is 14.2 Å². The zero-order valence-corrected chi connectivity index (χ0v) is 13.6. The average Bonchev–Trinajstić information content (AvgIpc) is 2.52. The first-order chi connectivity index (χ1) is 10.3. The average molecular weight is 295 g/mol. The first kappa shape index (κ1) is 18.0. The monoisotopic (exact) mass is 295 g/mol. The molecule has 0 aromatic heterocycles. The number of methoxy groups -OCH3 is 2. The van der Waals surface area contributed by atoms with E-state index < -0.39 is 0 Å². The highest BCUT2D eigenvalue weighted by atomic mass is 16.5. The van der Waals surface area contributed by atoms with Gasteiger partial charge < -0.3 is 19.5 Å². The number of nitrogens with one attached hydrogen (secondary N) is 1. The second kappa shape index (κ2) is 11.5. The molecule has 0 aliphatic carbocycles. The van der Waals surface area contributed by atoms with Crippen molar-refractivity contribution >= 4 is 0 Å². The van der Waals surface area contributed by atoms with Crippen LogP contribution in [0.3, 0.4) is 0 Å². The summed E-state index contributed by atoms with van der Waals surface area (Å²) in [6.45, 7) is 6.26. The van der Waals surface area contributed by atoms with Gasteiger partial charge in [-0.25, -0.2) is 0 Å². The number of rotatable bonds is 12. The van der Waals surface area contributed by atoms with Crippen molar-refractivity contribution in [3.05, 3.63) is 29.8 Å². The van der Waals surface area contributed by atoms with Gasteiger partial charge in [0.2, 0.25) is 0 Å². The molecule has 0 aliphatic heterocycles. The summed E-state index contributed by atoms with van der Waals surface area (Å²) in [6, 6.07) is 8.31. The van der Waals surface area contributed by atoms with Crippen molar-refractivity contribution in [3.8, 4) is 5.75 Å². The van der Waals surface area contributed by atoms with Crippen LogP contribution in [0, 0.1) is 5.92 Å². The van der Waals surface area contributed by atoms with Crippen LogP contribution in [0.15, 0.2) is 24.3 Å². The molecule has 0 amide bonds. The fourth-order valence-corrected chi connectivity index (χ4v) is 2.25. The maximum atomic E-state index is 5.59. The van der Waals surface area contributed by atoms with Gasteiger partial charge in [-0.15, -0.1) is 0 Å². The van der Waals surface area contributed by atoms with Crippen molar-refractivity contribution in [3.63, 3.8) is 0 Å². The van der Waals surface area contributed by atoms with E-state index in [1.54, 1.807) is 14.2 Å². The largest absolute Gasteiger partial charge is 0.497 e. The first-order valence-corrected chi connectivity index (χ1v) is 7.70. The molecule has 0 aliphatic rings. The fourth-order valence-electron chi connectivity index (χ4n) is 2.25. The fraction of sp³-hybridized carbons (Fsp3) is 0.647. The van der Waals surface area contributed by atoms with Gasteiger partial charge in [-0.1, -0.05) is 19.1 Å². The molecule has 120 valence electrons. The third-order valence-electron chi connectivity index (χ3n) is 3.44. The molecule has 0 fully saturated rings. The van der Waals surface area contributed by atoms with Gasteiger partial charge in [0, 0.05) is 13.7 Å². The van der Waals surface area contributed by atoms with Gasteiger partial charge >= 0.3 is 0 Å². The molecule has 1 aromatic rings. The molecule has 0 saturated heterocycles. The Hall–Kier alpha value is -1.10. The van der Waals surface area contributed by atoms with E-state index in [-0.39, 0.29) is 0 Å². The van der Waals surface area contributed by atoms with Crippen LogP contribution in [-0.4, -0.2) is 47.1 Å². The van der Waals surface area contributed by atoms with Gasteiger partial charge in [-0.2, -0.15) is 0 Å². The van der Waals surface area contributed by atoms with Gasteiger partial charge in [0.05, 0.1) is 20.3 Å². The third-order valence-corrected chi connectivity index (χ3v) is 3.44. The topological polar surface area (TPSA) is 39.7 Å². The highest BCUT2D eigenvalue weighted by Gasteiger charge is 2.10. The van der Waals surface area contributed by atoms with E-state index in [9.17, 15) is 0 Å². The van der Waals surface area contributed by atoms with Crippen LogP contribution < -0.4 is 10.1 Å². The lowest BCUT2D eigenvalue weighted by atomic mass is 9.96. The molecule has 1 atom stereocenters. The van der Waals surface area contributed by atoms with Crippen LogP contribution in [0.5, 0.6) is 5.75 Å². The third kappa shape index (κ3) is 8.05. The second-order valence-corrected chi connectivity index (χ2v) is 5.12. The molecule has 0 bridgehead atoms. The predicted molar refractivity (Wildman–Crippen MR) is 86.0 cm³/mol. The van der Waals surface area contributed by atoms with Gasteiger partial charge in [0.1, 0.15) is 5.75 Å². The van der Waals surface area contributed by atoms with E-state index in [1.165, 1.54) is 5.56 Å². The lowest BCUT2D eigenvalue weighted by molar-refractivity contribution is 0.0636. The molecule has 1 rings (SSSR count). The van der Waals surface area contributed by atoms with E-state index in [1.807, 2.05) is 12.1 Å². The van der Waals surface area contributed by atoms with Crippen LogP contribution in [0.1, 0.15) is 18.9 Å². The highest BCUT2D eigenvalue weighted by Crippen LogP contribution is 2.17. The number of ether oxygens (including phenoxy) is 3. The van der Waals surface area contributed by atoms with E-state index >= 15 is 0 Å². The molecule has 1 unspecified atom stereocenters. The predicted octanol–water partition coefficient (Wildman–Crippen LogP) is 2.52. The Morgan fingerprint density at radius 2 is 2.00 bits per heavy atom. The van der Waals surface area contributed by atoms with Gasteiger partial charge in [-0.05, 0) is 49.5 Å². The number of benzene rings is 1. The summed E-state index contributed by atoms with van der Waals surface area (Å²) >= 11 is 0. The maximum absolute atomic E-state index is 5.59. The van der Waals surface area contributed by atoms with Crippen LogP contribution in [-0.2, 0) is 15.9 Å².